The Labute approximate surface area is 124 Å². The molecule has 6 heteroatoms. The third-order valence-electron chi connectivity index (χ3n) is 3.87. The van der Waals surface area contributed by atoms with Crippen molar-refractivity contribution in [3.8, 4) is 0 Å². The van der Waals surface area contributed by atoms with Gasteiger partial charge in [-0.2, -0.15) is 0 Å². The topological polar surface area (TPSA) is 80.4 Å². The lowest BCUT2D eigenvalue weighted by molar-refractivity contribution is 0.0969. The van der Waals surface area contributed by atoms with Crippen molar-refractivity contribution in [3.63, 3.8) is 0 Å². The van der Waals surface area contributed by atoms with Crippen molar-refractivity contribution < 1.29 is 13.5 Å². The first-order valence-corrected chi connectivity index (χ1v) is 9.60. The summed E-state index contributed by atoms with van der Waals surface area (Å²) in [4.78, 5) is 1.37. The fourth-order valence-corrected chi connectivity index (χ4v) is 4.71. The summed E-state index contributed by atoms with van der Waals surface area (Å²) in [5.41, 5.74) is 5.99. The van der Waals surface area contributed by atoms with E-state index in [1.165, 1.54) is 0 Å². The van der Waals surface area contributed by atoms with E-state index < -0.39 is 15.9 Å². The zero-order valence-electron chi connectivity index (χ0n) is 11.5. The Morgan fingerprint density at radius 2 is 1.95 bits per heavy atom. The van der Waals surface area contributed by atoms with E-state index in [0.29, 0.717) is 24.2 Å². The van der Waals surface area contributed by atoms with Crippen LogP contribution >= 0.6 is 11.8 Å². The number of rotatable bonds is 4. The van der Waals surface area contributed by atoms with Gasteiger partial charge in [-0.1, -0.05) is 0 Å². The molecule has 0 saturated heterocycles. The number of hydrogen-bond acceptors (Lipinski definition) is 5. The average Bonchev–Trinajstić information content (AvgIpc) is 2.43. The summed E-state index contributed by atoms with van der Waals surface area (Å²) >= 11 is 1.58. The highest BCUT2D eigenvalue weighted by Gasteiger charge is 2.31. The highest BCUT2D eigenvalue weighted by Crippen LogP contribution is 2.27. The lowest BCUT2D eigenvalue weighted by atomic mass is 9.85. The highest BCUT2D eigenvalue weighted by molar-refractivity contribution is 7.98. The van der Waals surface area contributed by atoms with Crippen LogP contribution in [0, 0.1) is 5.92 Å². The van der Waals surface area contributed by atoms with Crippen molar-refractivity contribution in [2.75, 3.05) is 12.0 Å². The molecule has 0 aliphatic heterocycles. The summed E-state index contributed by atoms with van der Waals surface area (Å²) in [7, 11) is -3.34. The van der Waals surface area contributed by atoms with Crippen LogP contribution < -0.4 is 5.73 Å². The molecule has 112 valence electrons. The second-order valence-electron chi connectivity index (χ2n) is 5.35. The minimum absolute atomic E-state index is 0.0177. The summed E-state index contributed by atoms with van der Waals surface area (Å²) < 4.78 is 24.8. The van der Waals surface area contributed by atoms with E-state index in [2.05, 4.69) is 0 Å². The molecule has 1 aliphatic carbocycles. The lowest BCUT2D eigenvalue weighted by Crippen LogP contribution is -2.41. The monoisotopic (exact) mass is 315 g/mol. The maximum atomic E-state index is 12.4. The molecule has 4 nitrogen and oxygen atoms in total. The van der Waals surface area contributed by atoms with E-state index >= 15 is 0 Å². The summed E-state index contributed by atoms with van der Waals surface area (Å²) in [6.45, 7) is 0. The zero-order valence-corrected chi connectivity index (χ0v) is 13.2. The van der Waals surface area contributed by atoms with Gasteiger partial charge < -0.3 is 10.8 Å². The van der Waals surface area contributed by atoms with Gasteiger partial charge in [0, 0.05) is 10.9 Å². The molecule has 20 heavy (non-hydrogen) atoms. The molecule has 0 heterocycles. The van der Waals surface area contributed by atoms with E-state index in [1.54, 1.807) is 23.9 Å². The van der Waals surface area contributed by atoms with Gasteiger partial charge in [-0.15, -0.1) is 11.8 Å². The predicted molar refractivity (Wildman–Crippen MR) is 81.6 cm³/mol. The molecule has 0 aromatic heterocycles. The van der Waals surface area contributed by atoms with Crippen molar-refractivity contribution in [1.29, 1.82) is 0 Å². The Bertz CT molecular complexity index is 542. The van der Waals surface area contributed by atoms with Crippen LogP contribution in [0.15, 0.2) is 34.1 Å². The molecule has 3 unspecified atom stereocenters. The van der Waals surface area contributed by atoms with Crippen LogP contribution in [-0.2, 0) is 9.84 Å². The molecular weight excluding hydrogens is 294 g/mol. The fourth-order valence-electron chi connectivity index (χ4n) is 2.62. The lowest BCUT2D eigenvalue weighted by Gasteiger charge is -2.31. The van der Waals surface area contributed by atoms with Gasteiger partial charge in [0.2, 0.25) is 0 Å². The van der Waals surface area contributed by atoms with Crippen molar-refractivity contribution >= 4 is 21.6 Å². The van der Waals surface area contributed by atoms with Crippen LogP contribution in [0.2, 0.25) is 0 Å². The van der Waals surface area contributed by atoms with Gasteiger partial charge in [-0.05, 0) is 55.7 Å². The van der Waals surface area contributed by atoms with Crippen LogP contribution in [0.25, 0.3) is 0 Å². The Kier molecular flexibility index (Phi) is 5.12. The maximum absolute atomic E-state index is 12.4. The molecule has 1 aromatic carbocycles. The fraction of sp³-hybridized carbons (Fsp3) is 0.571. The molecule has 1 saturated carbocycles. The van der Waals surface area contributed by atoms with E-state index in [0.717, 1.165) is 4.90 Å². The van der Waals surface area contributed by atoms with Crippen LogP contribution in [0.4, 0.5) is 0 Å². The number of hydrogen-bond donors (Lipinski definition) is 2. The molecule has 0 bridgehead atoms. The highest BCUT2D eigenvalue weighted by atomic mass is 32.2. The first-order chi connectivity index (χ1) is 9.42. The van der Waals surface area contributed by atoms with E-state index in [-0.39, 0.29) is 17.7 Å². The van der Waals surface area contributed by atoms with E-state index in [1.807, 2.05) is 18.4 Å². The van der Waals surface area contributed by atoms with Gasteiger partial charge >= 0.3 is 0 Å². The van der Waals surface area contributed by atoms with Crippen LogP contribution in [0.3, 0.4) is 0 Å². The molecule has 3 atom stereocenters. The van der Waals surface area contributed by atoms with Gasteiger partial charge in [0.1, 0.15) is 0 Å². The van der Waals surface area contributed by atoms with Crippen molar-refractivity contribution in [2.24, 2.45) is 11.7 Å². The van der Waals surface area contributed by atoms with Gasteiger partial charge in [0.25, 0.3) is 0 Å². The zero-order chi connectivity index (χ0) is 14.8. The second kappa shape index (κ2) is 6.47. The van der Waals surface area contributed by atoms with Crippen LogP contribution in [-0.4, -0.2) is 37.7 Å². The summed E-state index contributed by atoms with van der Waals surface area (Å²) in [5.74, 6) is -0.145. The van der Waals surface area contributed by atoms with Crippen molar-refractivity contribution in [1.82, 2.24) is 0 Å². The molecule has 1 aliphatic rings. The molecule has 0 radical (unpaired) electrons. The van der Waals surface area contributed by atoms with Crippen LogP contribution in [0.1, 0.15) is 19.3 Å². The number of sulfone groups is 1. The quantitative estimate of drug-likeness (QED) is 0.826. The number of aliphatic hydroxyl groups excluding tert-OH is 1. The van der Waals surface area contributed by atoms with Gasteiger partial charge in [-0.25, -0.2) is 8.42 Å². The molecule has 0 spiro atoms. The summed E-state index contributed by atoms with van der Waals surface area (Å²) in [5, 5.41) is 9.68. The number of nitrogens with two attached hydrogens (primary N) is 1. The van der Waals surface area contributed by atoms with Gasteiger partial charge in [0.05, 0.1) is 16.8 Å². The normalized spacial score (nSPS) is 27.4. The number of thioether (sulfide) groups is 1. The standard InChI is InChI=1S/C14H21NO3S2/c1-19-12-3-5-13(6-4-12)20(17,18)9-10-8-11(16)2-7-14(10)15/h3-6,10-11,14,16H,2,7-9,15H2,1H3. The first-order valence-electron chi connectivity index (χ1n) is 6.73. The Hall–Kier alpha value is -0.560. The predicted octanol–water partition coefficient (Wildman–Crippen LogP) is 1.67. The molecule has 1 aromatic rings. The SMILES string of the molecule is CSc1ccc(S(=O)(=O)CC2CC(O)CCC2N)cc1. The minimum Gasteiger partial charge on any atom is -0.393 e. The smallest absolute Gasteiger partial charge is 0.178 e. The second-order valence-corrected chi connectivity index (χ2v) is 8.26. The molecule has 3 N–H and O–H groups in total. The third kappa shape index (κ3) is 3.75. The third-order valence-corrected chi connectivity index (χ3v) is 6.47. The number of benzene rings is 1. The summed E-state index contributed by atoms with van der Waals surface area (Å²) in [6, 6.07) is 6.77. The first kappa shape index (κ1) is 15.8. The van der Waals surface area contributed by atoms with Gasteiger partial charge in [-0.3, -0.25) is 0 Å². The Morgan fingerprint density at radius 3 is 2.55 bits per heavy atom. The largest absolute Gasteiger partial charge is 0.393 e. The van der Waals surface area contributed by atoms with Crippen LogP contribution in [0.5, 0.6) is 0 Å². The number of aliphatic hydroxyl groups is 1. The Morgan fingerprint density at radius 1 is 1.30 bits per heavy atom. The minimum atomic E-state index is -3.34. The van der Waals surface area contributed by atoms with Crippen molar-refractivity contribution in [3.05, 3.63) is 24.3 Å². The Balaban J connectivity index is 2.13. The maximum Gasteiger partial charge on any atom is 0.178 e. The van der Waals surface area contributed by atoms with Gasteiger partial charge in [0.15, 0.2) is 9.84 Å². The molecular formula is C14H21NO3S2. The molecule has 1 fully saturated rings. The molecule has 2 rings (SSSR count). The average molecular weight is 315 g/mol. The van der Waals surface area contributed by atoms with E-state index in [9.17, 15) is 13.5 Å². The molecule has 0 amide bonds. The van der Waals surface area contributed by atoms with E-state index in [4.69, 9.17) is 5.73 Å². The summed E-state index contributed by atoms with van der Waals surface area (Å²) in [6.07, 6.45) is 3.36. The van der Waals surface area contributed by atoms with Crippen molar-refractivity contribution in [2.45, 2.75) is 41.2 Å².